The first-order valence-electron chi connectivity index (χ1n) is 8.67. The molecule has 0 bridgehead atoms. The van der Waals surface area contributed by atoms with Gasteiger partial charge in [-0.05, 0) is 71.8 Å². The molecule has 1 rings (SSSR count). The lowest BCUT2D eigenvalue weighted by Gasteiger charge is -2.47. The highest BCUT2D eigenvalue weighted by Gasteiger charge is 2.37. The van der Waals surface area contributed by atoms with E-state index in [0.717, 1.165) is 19.0 Å². The van der Waals surface area contributed by atoms with Crippen LogP contribution in [-0.2, 0) is 0 Å². The number of nitrogens with two attached hydrogens (primary N) is 1. The van der Waals surface area contributed by atoms with Crippen LogP contribution < -0.4 is 5.73 Å². The van der Waals surface area contributed by atoms with E-state index in [2.05, 4.69) is 37.7 Å². The third kappa shape index (κ3) is 5.01. The monoisotopic (exact) mass is 283 g/mol. The second-order valence-corrected chi connectivity index (χ2v) is 6.90. The van der Waals surface area contributed by atoms with Crippen molar-refractivity contribution in [2.75, 3.05) is 40.3 Å². The summed E-state index contributed by atoms with van der Waals surface area (Å²) in [5.41, 5.74) is 6.51. The zero-order chi connectivity index (χ0) is 15.0. The van der Waals surface area contributed by atoms with E-state index in [1.165, 1.54) is 58.0 Å². The molecule has 0 atom stereocenters. The highest BCUT2D eigenvalue weighted by Crippen LogP contribution is 2.37. The fourth-order valence-electron chi connectivity index (χ4n) is 3.87. The maximum Gasteiger partial charge on any atom is 0.0331 e. The summed E-state index contributed by atoms with van der Waals surface area (Å²) in [6.45, 7) is 8.96. The molecule has 1 fully saturated rings. The molecule has 0 aromatic heterocycles. The Morgan fingerprint density at radius 1 is 1.10 bits per heavy atom. The van der Waals surface area contributed by atoms with E-state index >= 15 is 0 Å². The molecule has 3 heteroatoms. The Bertz CT molecular complexity index is 245. The second kappa shape index (κ2) is 9.01. The molecule has 3 nitrogen and oxygen atoms in total. The number of hydrogen-bond donors (Lipinski definition) is 1. The lowest BCUT2D eigenvalue weighted by molar-refractivity contribution is 0.0426. The van der Waals surface area contributed by atoms with Crippen molar-refractivity contribution in [2.45, 2.75) is 64.3 Å². The fraction of sp³-hybridized carbons (Fsp3) is 1.00. The Hall–Kier alpha value is -0.120. The molecular weight excluding hydrogens is 246 g/mol. The average molecular weight is 284 g/mol. The van der Waals surface area contributed by atoms with Crippen molar-refractivity contribution in [1.29, 1.82) is 0 Å². The summed E-state index contributed by atoms with van der Waals surface area (Å²) in [5.74, 6) is 0.958. The molecule has 1 aliphatic rings. The lowest BCUT2D eigenvalue weighted by atomic mass is 9.74. The molecule has 0 aromatic rings. The van der Waals surface area contributed by atoms with E-state index in [1.807, 2.05) is 0 Å². The van der Waals surface area contributed by atoms with Crippen molar-refractivity contribution in [3.63, 3.8) is 0 Å². The molecule has 0 spiro atoms. The molecule has 0 unspecified atom stereocenters. The molecule has 120 valence electrons. The number of rotatable bonds is 9. The maximum atomic E-state index is 6.21. The van der Waals surface area contributed by atoms with Crippen LogP contribution in [0.25, 0.3) is 0 Å². The van der Waals surface area contributed by atoms with Crippen molar-refractivity contribution in [3.8, 4) is 0 Å². The zero-order valence-electron chi connectivity index (χ0n) is 14.3. The van der Waals surface area contributed by atoms with Crippen LogP contribution in [0, 0.1) is 5.92 Å². The van der Waals surface area contributed by atoms with Gasteiger partial charge in [0.15, 0.2) is 0 Å². The van der Waals surface area contributed by atoms with Gasteiger partial charge in [0.25, 0.3) is 0 Å². The van der Waals surface area contributed by atoms with Gasteiger partial charge in [0, 0.05) is 12.1 Å². The van der Waals surface area contributed by atoms with Crippen LogP contribution in [-0.4, -0.2) is 55.6 Å². The molecule has 20 heavy (non-hydrogen) atoms. The quantitative estimate of drug-likeness (QED) is 0.706. The molecule has 0 heterocycles. The molecule has 0 aromatic carbocycles. The minimum Gasteiger partial charge on any atom is -0.329 e. The van der Waals surface area contributed by atoms with Crippen LogP contribution in [0.15, 0.2) is 0 Å². The summed E-state index contributed by atoms with van der Waals surface area (Å²) in [7, 11) is 4.32. The summed E-state index contributed by atoms with van der Waals surface area (Å²) in [6, 6.07) is 0. The summed E-state index contributed by atoms with van der Waals surface area (Å²) in [4.78, 5) is 4.96. The highest BCUT2D eigenvalue weighted by molar-refractivity contribution is 4.95. The van der Waals surface area contributed by atoms with Gasteiger partial charge in [-0.3, -0.25) is 4.90 Å². The van der Waals surface area contributed by atoms with Crippen LogP contribution in [0.1, 0.15) is 58.8 Å². The molecule has 0 saturated heterocycles. The van der Waals surface area contributed by atoms with E-state index in [9.17, 15) is 0 Å². The normalized spacial score (nSPS) is 27.4. The van der Waals surface area contributed by atoms with Gasteiger partial charge in [-0.2, -0.15) is 0 Å². The molecule has 2 N–H and O–H groups in total. The number of hydrogen-bond acceptors (Lipinski definition) is 3. The minimum absolute atomic E-state index is 0.297. The third-order valence-electron chi connectivity index (χ3n) is 5.20. The van der Waals surface area contributed by atoms with Gasteiger partial charge in [0.05, 0.1) is 0 Å². The SMILES string of the molecule is CCCC1CCC(CN)(N(CC)CCCN(C)C)CC1. The minimum atomic E-state index is 0.297. The van der Waals surface area contributed by atoms with Crippen LogP contribution in [0.3, 0.4) is 0 Å². The second-order valence-electron chi connectivity index (χ2n) is 6.90. The lowest BCUT2D eigenvalue weighted by Crippen LogP contribution is -2.56. The predicted molar refractivity (Wildman–Crippen MR) is 89.1 cm³/mol. The van der Waals surface area contributed by atoms with Gasteiger partial charge in [-0.1, -0.05) is 26.7 Å². The van der Waals surface area contributed by atoms with Crippen LogP contribution >= 0.6 is 0 Å². The first-order chi connectivity index (χ1) is 9.57. The van der Waals surface area contributed by atoms with Gasteiger partial charge in [0.1, 0.15) is 0 Å². The summed E-state index contributed by atoms with van der Waals surface area (Å²) in [5, 5.41) is 0. The Morgan fingerprint density at radius 2 is 1.75 bits per heavy atom. The standard InChI is InChI=1S/C17H37N3/c1-5-8-16-9-11-17(15-18,12-10-16)20(6-2)14-7-13-19(3)4/h16H,5-15,18H2,1-4H3. The van der Waals surface area contributed by atoms with Crippen LogP contribution in [0.4, 0.5) is 0 Å². The van der Waals surface area contributed by atoms with Crippen molar-refractivity contribution in [2.24, 2.45) is 11.7 Å². The van der Waals surface area contributed by atoms with E-state index in [1.54, 1.807) is 0 Å². The molecule has 1 aliphatic carbocycles. The maximum absolute atomic E-state index is 6.21. The third-order valence-corrected chi connectivity index (χ3v) is 5.20. The molecule has 1 saturated carbocycles. The smallest absolute Gasteiger partial charge is 0.0331 e. The fourth-order valence-corrected chi connectivity index (χ4v) is 3.87. The summed E-state index contributed by atoms with van der Waals surface area (Å²) >= 11 is 0. The Labute approximate surface area is 126 Å². The Kier molecular flexibility index (Phi) is 8.08. The van der Waals surface area contributed by atoms with E-state index < -0.39 is 0 Å². The largest absolute Gasteiger partial charge is 0.329 e. The average Bonchev–Trinajstić information content (AvgIpc) is 2.45. The van der Waals surface area contributed by atoms with Gasteiger partial charge < -0.3 is 10.6 Å². The van der Waals surface area contributed by atoms with Crippen LogP contribution in [0.5, 0.6) is 0 Å². The molecular formula is C17H37N3. The topological polar surface area (TPSA) is 32.5 Å². The van der Waals surface area contributed by atoms with Gasteiger partial charge >= 0.3 is 0 Å². The predicted octanol–water partition coefficient (Wildman–Crippen LogP) is 2.95. The van der Waals surface area contributed by atoms with Crippen molar-refractivity contribution >= 4 is 0 Å². The van der Waals surface area contributed by atoms with Crippen molar-refractivity contribution in [3.05, 3.63) is 0 Å². The first kappa shape index (κ1) is 17.9. The van der Waals surface area contributed by atoms with E-state index in [-0.39, 0.29) is 0 Å². The van der Waals surface area contributed by atoms with E-state index in [0.29, 0.717) is 5.54 Å². The number of nitrogens with zero attached hydrogens (tertiary/aromatic N) is 2. The Balaban J connectivity index is 2.53. The van der Waals surface area contributed by atoms with Gasteiger partial charge in [0.2, 0.25) is 0 Å². The molecule has 0 radical (unpaired) electrons. The van der Waals surface area contributed by atoms with Gasteiger partial charge in [-0.25, -0.2) is 0 Å². The molecule has 0 amide bonds. The van der Waals surface area contributed by atoms with Gasteiger partial charge in [-0.15, -0.1) is 0 Å². The van der Waals surface area contributed by atoms with Crippen molar-refractivity contribution in [1.82, 2.24) is 9.80 Å². The van der Waals surface area contributed by atoms with E-state index in [4.69, 9.17) is 5.73 Å². The Morgan fingerprint density at radius 3 is 2.20 bits per heavy atom. The molecule has 0 aliphatic heterocycles. The number of likely N-dealkylation sites (N-methyl/N-ethyl adjacent to an activating group) is 1. The first-order valence-corrected chi connectivity index (χ1v) is 8.67. The highest BCUT2D eigenvalue weighted by atomic mass is 15.2. The summed E-state index contributed by atoms with van der Waals surface area (Å²) < 4.78 is 0. The van der Waals surface area contributed by atoms with Crippen LogP contribution in [0.2, 0.25) is 0 Å². The zero-order valence-corrected chi connectivity index (χ0v) is 14.3. The summed E-state index contributed by atoms with van der Waals surface area (Å²) in [6.07, 6.45) is 9.38. The van der Waals surface area contributed by atoms with Crippen molar-refractivity contribution < 1.29 is 0 Å².